The number of aromatic amines is 1. The average molecular weight is 240 g/mol. The van der Waals surface area contributed by atoms with Gasteiger partial charge in [-0.25, -0.2) is 4.98 Å². The van der Waals surface area contributed by atoms with Crippen molar-refractivity contribution in [2.45, 2.75) is 12.5 Å². The Hall–Kier alpha value is -1.10. The van der Waals surface area contributed by atoms with E-state index in [1.165, 1.54) is 0 Å². The first kappa shape index (κ1) is 11.4. The summed E-state index contributed by atoms with van der Waals surface area (Å²) in [5, 5.41) is 0.638. The van der Waals surface area contributed by atoms with Gasteiger partial charge in [0, 0.05) is 13.7 Å². The van der Waals surface area contributed by atoms with Gasteiger partial charge in [-0.3, -0.25) is 0 Å². The van der Waals surface area contributed by atoms with Gasteiger partial charge in [0.2, 0.25) is 0 Å². The molecule has 1 heterocycles. The third-order valence-electron chi connectivity index (χ3n) is 2.47. The molecule has 0 bridgehead atoms. The topological polar surface area (TPSA) is 63.9 Å². The highest BCUT2D eigenvalue weighted by molar-refractivity contribution is 6.34. The second-order valence-electron chi connectivity index (χ2n) is 3.65. The first-order valence-electron chi connectivity index (χ1n) is 5.11. The Morgan fingerprint density at radius 3 is 3.06 bits per heavy atom. The maximum atomic E-state index is 6.03. The number of methoxy groups -OCH3 is 1. The van der Waals surface area contributed by atoms with Crippen molar-refractivity contribution >= 4 is 22.6 Å². The number of nitrogens with zero attached hydrogens (tertiary/aromatic N) is 1. The quantitative estimate of drug-likeness (QED) is 0.860. The fraction of sp³-hybridized carbons (Fsp3) is 0.364. The number of imidazole rings is 1. The van der Waals surface area contributed by atoms with E-state index in [9.17, 15) is 0 Å². The number of halogens is 1. The van der Waals surface area contributed by atoms with Gasteiger partial charge in [-0.05, 0) is 18.6 Å². The summed E-state index contributed by atoms with van der Waals surface area (Å²) in [7, 11) is 1.65. The maximum absolute atomic E-state index is 6.03. The largest absolute Gasteiger partial charge is 0.385 e. The molecule has 2 aromatic rings. The van der Waals surface area contributed by atoms with E-state index >= 15 is 0 Å². The van der Waals surface area contributed by atoms with Crippen LogP contribution in [0.15, 0.2) is 18.2 Å². The van der Waals surface area contributed by atoms with Crippen LogP contribution in [0.1, 0.15) is 18.3 Å². The van der Waals surface area contributed by atoms with Crippen LogP contribution in [0, 0.1) is 0 Å². The number of aromatic nitrogens is 2. The second kappa shape index (κ2) is 4.82. The lowest BCUT2D eigenvalue weighted by atomic mass is 10.2. The lowest BCUT2D eigenvalue weighted by Gasteiger charge is -2.06. The highest BCUT2D eigenvalue weighted by Gasteiger charge is 2.12. The second-order valence-corrected chi connectivity index (χ2v) is 4.05. The molecule has 0 aliphatic carbocycles. The smallest absolute Gasteiger partial charge is 0.124 e. The molecule has 0 fully saturated rings. The Labute approximate surface area is 98.8 Å². The number of hydrogen-bond donors (Lipinski definition) is 2. The molecule has 16 heavy (non-hydrogen) atoms. The number of H-pyrrole nitrogens is 1. The minimum absolute atomic E-state index is 0.150. The molecule has 0 saturated heterocycles. The SMILES string of the molecule is COCC[C@@H](N)c1nc2c(Cl)cccc2[nH]1. The van der Waals surface area contributed by atoms with Crippen LogP contribution in [0.3, 0.4) is 0 Å². The summed E-state index contributed by atoms with van der Waals surface area (Å²) >= 11 is 6.03. The van der Waals surface area contributed by atoms with E-state index in [-0.39, 0.29) is 6.04 Å². The van der Waals surface area contributed by atoms with Gasteiger partial charge in [0.25, 0.3) is 0 Å². The fourth-order valence-corrected chi connectivity index (χ4v) is 1.79. The predicted octanol–water partition coefficient (Wildman–Crippen LogP) is 2.25. The molecule has 4 nitrogen and oxygen atoms in total. The minimum Gasteiger partial charge on any atom is -0.385 e. The van der Waals surface area contributed by atoms with Gasteiger partial charge >= 0.3 is 0 Å². The van der Waals surface area contributed by atoms with Crippen LogP contribution < -0.4 is 5.73 Å². The van der Waals surface area contributed by atoms with Crippen molar-refractivity contribution in [2.75, 3.05) is 13.7 Å². The number of benzene rings is 1. The number of hydrogen-bond acceptors (Lipinski definition) is 3. The Balaban J connectivity index is 2.29. The lowest BCUT2D eigenvalue weighted by molar-refractivity contribution is 0.187. The van der Waals surface area contributed by atoms with Crippen molar-refractivity contribution in [3.05, 3.63) is 29.0 Å². The molecule has 1 atom stereocenters. The van der Waals surface area contributed by atoms with Gasteiger partial charge in [0.15, 0.2) is 0 Å². The van der Waals surface area contributed by atoms with Crippen molar-refractivity contribution in [1.82, 2.24) is 9.97 Å². The first-order valence-corrected chi connectivity index (χ1v) is 5.49. The Kier molecular flexibility index (Phi) is 3.43. The van der Waals surface area contributed by atoms with Crippen molar-refractivity contribution in [1.29, 1.82) is 0 Å². The molecule has 1 aromatic heterocycles. The summed E-state index contributed by atoms with van der Waals surface area (Å²) in [5.74, 6) is 0.750. The number of fused-ring (bicyclic) bond motifs is 1. The molecule has 86 valence electrons. The lowest BCUT2D eigenvalue weighted by Crippen LogP contribution is -2.14. The van der Waals surface area contributed by atoms with E-state index in [2.05, 4.69) is 9.97 Å². The molecule has 0 unspecified atom stereocenters. The van der Waals surface area contributed by atoms with E-state index in [1.807, 2.05) is 18.2 Å². The number of ether oxygens (including phenoxy) is 1. The molecule has 5 heteroatoms. The number of para-hydroxylation sites is 1. The number of rotatable bonds is 4. The maximum Gasteiger partial charge on any atom is 0.124 e. The normalized spacial score (nSPS) is 13.2. The molecular formula is C11H14ClN3O. The number of nitrogens with two attached hydrogens (primary N) is 1. The van der Waals surface area contributed by atoms with Crippen LogP contribution in [0.5, 0.6) is 0 Å². The summed E-state index contributed by atoms with van der Waals surface area (Å²) < 4.78 is 4.98. The molecule has 0 radical (unpaired) electrons. The Bertz CT molecular complexity index is 483. The molecule has 2 rings (SSSR count). The van der Waals surface area contributed by atoms with Crippen LogP contribution in [0.2, 0.25) is 5.02 Å². The minimum atomic E-state index is -0.150. The molecule has 1 aromatic carbocycles. The molecule has 0 spiro atoms. The van der Waals surface area contributed by atoms with Gasteiger partial charge < -0.3 is 15.5 Å². The van der Waals surface area contributed by atoms with Crippen LogP contribution in [-0.2, 0) is 4.74 Å². The summed E-state index contributed by atoms with van der Waals surface area (Å²) in [6, 6.07) is 5.48. The van der Waals surface area contributed by atoms with Gasteiger partial charge in [-0.15, -0.1) is 0 Å². The van der Waals surface area contributed by atoms with Gasteiger partial charge in [-0.2, -0.15) is 0 Å². The van der Waals surface area contributed by atoms with E-state index in [1.54, 1.807) is 7.11 Å². The zero-order valence-electron chi connectivity index (χ0n) is 9.03. The van der Waals surface area contributed by atoms with Gasteiger partial charge in [-0.1, -0.05) is 17.7 Å². The van der Waals surface area contributed by atoms with Crippen molar-refractivity contribution in [2.24, 2.45) is 5.73 Å². The Morgan fingerprint density at radius 1 is 1.56 bits per heavy atom. The van der Waals surface area contributed by atoms with Crippen LogP contribution in [0.25, 0.3) is 11.0 Å². The standard InChI is InChI=1S/C11H14ClN3O/c1-16-6-5-8(13)11-14-9-4-2-3-7(12)10(9)15-11/h2-4,8H,5-6,13H2,1H3,(H,14,15)/t8-/m1/s1. The molecule has 0 saturated carbocycles. The highest BCUT2D eigenvalue weighted by Crippen LogP contribution is 2.23. The summed E-state index contributed by atoms with van der Waals surface area (Å²) in [6.07, 6.45) is 0.730. The third kappa shape index (κ3) is 2.19. The van der Waals surface area contributed by atoms with E-state index in [4.69, 9.17) is 22.1 Å². The van der Waals surface area contributed by atoms with E-state index < -0.39 is 0 Å². The zero-order valence-corrected chi connectivity index (χ0v) is 9.79. The van der Waals surface area contributed by atoms with E-state index in [0.717, 1.165) is 23.3 Å². The van der Waals surface area contributed by atoms with Gasteiger partial charge in [0.1, 0.15) is 11.3 Å². The number of nitrogens with one attached hydrogen (secondary N) is 1. The van der Waals surface area contributed by atoms with Crippen LogP contribution >= 0.6 is 11.6 Å². The monoisotopic (exact) mass is 239 g/mol. The summed E-state index contributed by atoms with van der Waals surface area (Å²) in [5.41, 5.74) is 7.66. The average Bonchev–Trinajstić information content (AvgIpc) is 2.71. The molecular weight excluding hydrogens is 226 g/mol. The van der Waals surface area contributed by atoms with Gasteiger partial charge in [0.05, 0.1) is 16.6 Å². The summed E-state index contributed by atoms with van der Waals surface area (Å²) in [4.78, 5) is 7.57. The van der Waals surface area contributed by atoms with Crippen molar-refractivity contribution in [3.8, 4) is 0 Å². The molecule has 0 aliphatic heterocycles. The highest BCUT2D eigenvalue weighted by atomic mass is 35.5. The first-order chi connectivity index (χ1) is 7.72. The van der Waals surface area contributed by atoms with Crippen LogP contribution in [0.4, 0.5) is 0 Å². The predicted molar refractivity (Wildman–Crippen MR) is 64.5 cm³/mol. The van der Waals surface area contributed by atoms with Crippen LogP contribution in [-0.4, -0.2) is 23.7 Å². The fourth-order valence-electron chi connectivity index (χ4n) is 1.57. The molecule has 3 N–H and O–H groups in total. The van der Waals surface area contributed by atoms with Crippen molar-refractivity contribution < 1.29 is 4.74 Å². The Morgan fingerprint density at radius 2 is 2.38 bits per heavy atom. The van der Waals surface area contributed by atoms with Crippen molar-refractivity contribution in [3.63, 3.8) is 0 Å². The third-order valence-corrected chi connectivity index (χ3v) is 2.77. The molecule has 0 aliphatic rings. The zero-order chi connectivity index (χ0) is 11.5. The summed E-state index contributed by atoms with van der Waals surface area (Å²) in [6.45, 7) is 0.617. The molecule has 0 amide bonds. The van der Waals surface area contributed by atoms with E-state index in [0.29, 0.717) is 11.6 Å².